The fourth-order valence-electron chi connectivity index (χ4n) is 3.59. The van der Waals surface area contributed by atoms with Crippen molar-refractivity contribution >= 4 is 11.6 Å². The van der Waals surface area contributed by atoms with Gasteiger partial charge < -0.3 is 4.74 Å². The second kappa shape index (κ2) is 7.06. The number of pyridine rings is 1. The molecule has 1 aliphatic heterocycles. The number of nitrogens with zero attached hydrogens (tertiary/aromatic N) is 3. The quantitative estimate of drug-likeness (QED) is 0.633. The van der Waals surface area contributed by atoms with Crippen LogP contribution in [-0.2, 0) is 17.6 Å². The lowest BCUT2D eigenvalue weighted by Crippen LogP contribution is -2.13. The Morgan fingerprint density at radius 2 is 2.07 bits per heavy atom. The molecule has 6 heteroatoms. The highest BCUT2D eigenvalue weighted by molar-refractivity contribution is 6.30. The number of aryl methyl sites for hydroxylation is 1. The predicted molar refractivity (Wildman–Crippen MR) is 104 cm³/mol. The van der Waals surface area contributed by atoms with Crippen molar-refractivity contribution in [2.24, 2.45) is 0 Å². The van der Waals surface area contributed by atoms with Crippen LogP contribution >= 0.6 is 11.6 Å². The van der Waals surface area contributed by atoms with Crippen LogP contribution in [0.2, 0.25) is 5.02 Å². The predicted octanol–water partition coefficient (Wildman–Crippen LogP) is 4.85. The normalized spacial score (nSPS) is 16.9. The lowest BCUT2D eigenvalue weighted by Gasteiger charge is -2.12. The van der Waals surface area contributed by atoms with Gasteiger partial charge in [-0.15, -0.1) is 0 Å². The first-order valence-corrected chi connectivity index (χ1v) is 9.44. The zero-order valence-corrected chi connectivity index (χ0v) is 16.3. The van der Waals surface area contributed by atoms with Crippen molar-refractivity contribution in [3.8, 4) is 16.9 Å². The number of fused-ring (bicyclic) bond motifs is 1. The van der Waals surface area contributed by atoms with Gasteiger partial charge in [0, 0.05) is 29.4 Å². The lowest BCUT2D eigenvalue weighted by molar-refractivity contribution is 0.0735. The number of hydrogen-bond acceptors (Lipinski definition) is 3. The van der Waals surface area contributed by atoms with Crippen LogP contribution in [-0.4, -0.2) is 27.5 Å². The molecule has 140 valence electrons. The Kier molecular flexibility index (Phi) is 4.74. The topological polar surface area (TPSA) is 39.9 Å². The van der Waals surface area contributed by atoms with E-state index < -0.39 is 5.82 Å². The molecule has 3 aromatic rings. The highest BCUT2D eigenvalue weighted by atomic mass is 35.5. The van der Waals surface area contributed by atoms with Crippen molar-refractivity contribution in [2.75, 3.05) is 6.61 Å². The highest BCUT2D eigenvalue weighted by Crippen LogP contribution is 2.33. The summed E-state index contributed by atoms with van der Waals surface area (Å²) in [7, 11) is 0. The Morgan fingerprint density at radius 1 is 1.26 bits per heavy atom. The summed E-state index contributed by atoms with van der Waals surface area (Å²) in [6.45, 7) is 6.78. The largest absolute Gasteiger partial charge is 0.378 e. The third kappa shape index (κ3) is 3.26. The molecule has 3 heterocycles. The van der Waals surface area contributed by atoms with Crippen molar-refractivity contribution in [3.05, 3.63) is 63.8 Å². The van der Waals surface area contributed by atoms with Gasteiger partial charge in [0.2, 0.25) is 0 Å². The average Bonchev–Trinajstić information content (AvgIpc) is 2.86. The van der Waals surface area contributed by atoms with Gasteiger partial charge in [0.1, 0.15) is 5.82 Å². The van der Waals surface area contributed by atoms with Crippen molar-refractivity contribution < 1.29 is 9.13 Å². The van der Waals surface area contributed by atoms with Crippen molar-refractivity contribution in [2.45, 2.75) is 39.7 Å². The van der Waals surface area contributed by atoms with Crippen molar-refractivity contribution in [3.63, 3.8) is 0 Å². The number of rotatable bonds is 2. The van der Waals surface area contributed by atoms with Gasteiger partial charge in [0.05, 0.1) is 34.8 Å². The minimum Gasteiger partial charge on any atom is -0.378 e. The molecule has 0 N–H and O–H groups in total. The summed E-state index contributed by atoms with van der Waals surface area (Å²) in [5.74, 6) is -0.434. The Hall–Kier alpha value is -2.24. The van der Waals surface area contributed by atoms with E-state index in [0.29, 0.717) is 6.61 Å². The zero-order valence-electron chi connectivity index (χ0n) is 15.6. The van der Waals surface area contributed by atoms with Crippen molar-refractivity contribution in [1.82, 2.24) is 14.8 Å². The molecule has 4 nitrogen and oxygen atoms in total. The number of halogens is 2. The van der Waals surface area contributed by atoms with Crippen LogP contribution in [0.5, 0.6) is 0 Å². The zero-order chi connectivity index (χ0) is 19.1. The Bertz CT molecular complexity index is 1010. The first-order valence-electron chi connectivity index (χ1n) is 9.06. The molecule has 1 aromatic carbocycles. The van der Waals surface area contributed by atoms with Gasteiger partial charge in [-0.25, -0.2) is 9.07 Å². The molecule has 0 fully saturated rings. The smallest absolute Gasteiger partial charge is 0.141 e. The fourth-order valence-corrected chi connectivity index (χ4v) is 3.77. The van der Waals surface area contributed by atoms with E-state index in [-0.39, 0.29) is 11.1 Å². The maximum atomic E-state index is 13.7. The van der Waals surface area contributed by atoms with Gasteiger partial charge in [-0.3, -0.25) is 4.98 Å². The summed E-state index contributed by atoms with van der Waals surface area (Å²) in [5.41, 5.74) is 7.12. The second-order valence-electron chi connectivity index (χ2n) is 6.99. The maximum absolute atomic E-state index is 13.7. The molecule has 1 atom stereocenters. The number of aromatic nitrogens is 3. The molecule has 27 heavy (non-hydrogen) atoms. The molecule has 0 bridgehead atoms. The first-order chi connectivity index (χ1) is 13.0. The third-order valence-corrected chi connectivity index (χ3v) is 5.47. The monoisotopic (exact) mass is 385 g/mol. The van der Waals surface area contributed by atoms with Gasteiger partial charge in [-0.05, 0) is 57.0 Å². The van der Waals surface area contributed by atoms with Crippen LogP contribution in [0, 0.1) is 19.7 Å². The summed E-state index contributed by atoms with van der Waals surface area (Å²) >= 11 is 6.03. The number of benzene rings is 1. The van der Waals surface area contributed by atoms with E-state index in [9.17, 15) is 4.39 Å². The molecule has 2 aromatic heterocycles. The van der Waals surface area contributed by atoms with E-state index in [4.69, 9.17) is 21.4 Å². The van der Waals surface area contributed by atoms with Gasteiger partial charge in [0.15, 0.2) is 0 Å². The molecule has 0 radical (unpaired) electrons. The van der Waals surface area contributed by atoms with Gasteiger partial charge in [-0.1, -0.05) is 11.6 Å². The Labute approximate surface area is 163 Å². The van der Waals surface area contributed by atoms with Crippen LogP contribution in [0.1, 0.15) is 29.4 Å². The molecule has 0 amide bonds. The average molecular weight is 386 g/mol. The minimum atomic E-state index is -0.434. The highest BCUT2D eigenvalue weighted by Gasteiger charge is 2.25. The van der Waals surface area contributed by atoms with Gasteiger partial charge in [0.25, 0.3) is 0 Å². The third-order valence-electron chi connectivity index (χ3n) is 5.18. The summed E-state index contributed by atoms with van der Waals surface area (Å²) in [5, 5.41) is 5.02. The van der Waals surface area contributed by atoms with E-state index in [1.165, 1.54) is 11.6 Å². The Balaban J connectivity index is 1.96. The summed E-state index contributed by atoms with van der Waals surface area (Å²) in [6.07, 6.45) is 3.42. The molecule has 0 saturated carbocycles. The van der Waals surface area contributed by atoms with Crippen LogP contribution < -0.4 is 0 Å². The van der Waals surface area contributed by atoms with Crippen LogP contribution in [0.25, 0.3) is 16.9 Å². The molecule has 0 spiro atoms. The number of hydrogen-bond donors (Lipinski definition) is 0. The fraction of sp³-hybridized carbons (Fsp3) is 0.333. The molecule has 1 aliphatic rings. The SMILES string of the molecule is Cc1nccc(-c2nn(-c3ccc(F)c(Cl)c3)c3c2CCO[C@H](C)C3)c1C. The molecule has 0 aliphatic carbocycles. The van der Waals surface area contributed by atoms with Crippen LogP contribution in [0.15, 0.2) is 30.5 Å². The van der Waals surface area contributed by atoms with E-state index in [1.54, 1.807) is 12.1 Å². The molecule has 0 unspecified atom stereocenters. The van der Waals surface area contributed by atoms with Gasteiger partial charge in [-0.2, -0.15) is 5.10 Å². The van der Waals surface area contributed by atoms with Crippen LogP contribution in [0.3, 0.4) is 0 Å². The second-order valence-corrected chi connectivity index (χ2v) is 7.40. The van der Waals surface area contributed by atoms with Crippen molar-refractivity contribution in [1.29, 1.82) is 0 Å². The molecular formula is C21H21ClFN3O. The Morgan fingerprint density at radius 3 is 2.85 bits per heavy atom. The molecule has 0 saturated heterocycles. The molecule has 4 rings (SSSR count). The summed E-state index contributed by atoms with van der Waals surface area (Å²) in [4.78, 5) is 4.38. The van der Waals surface area contributed by atoms with E-state index in [1.807, 2.05) is 23.9 Å². The number of ether oxygens (including phenoxy) is 1. The molecular weight excluding hydrogens is 365 g/mol. The van der Waals surface area contributed by atoms with E-state index in [2.05, 4.69) is 18.8 Å². The minimum absolute atomic E-state index is 0.0887. The van der Waals surface area contributed by atoms with E-state index in [0.717, 1.165) is 46.7 Å². The maximum Gasteiger partial charge on any atom is 0.141 e. The summed E-state index contributed by atoms with van der Waals surface area (Å²) in [6, 6.07) is 6.71. The summed E-state index contributed by atoms with van der Waals surface area (Å²) < 4.78 is 21.4. The van der Waals surface area contributed by atoms with Crippen LogP contribution in [0.4, 0.5) is 4.39 Å². The first kappa shape index (κ1) is 18.1. The van der Waals surface area contributed by atoms with E-state index >= 15 is 0 Å². The standard InChI is InChI=1S/C21H21ClFN3O/c1-12-10-20-17(7-9-27-12)21(16-6-8-24-14(3)13(16)2)25-26(20)15-4-5-19(23)18(22)11-15/h4-6,8,11-12H,7,9-10H2,1-3H3/t12-/m1/s1. The lowest BCUT2D eigenvalue weighted by atomic mass is 9.98. The van der Waals surface area contributed by atoms with Gasteiger partial charge >= 0.3 is 0 Å².